The van der Waals surface area contributed by atoms with Gasteiger partial charge in [-0.2, -0.15) is 0 Å². The van der Waals surface area contributed by atoms with Crippen LogP contribution < -0.4 is 10.1 Å². The average Bonchev–Trinajstić information content (AvgIpc) is 2.97. The molecule has 0 fully saturated rings. The first-order chi connectivity index (χ1) is 10.9. The predicted octanol–water partition coefficient (Wildman–Crippen LogP) is 3.49. The van der Waals surface area contributed by atoms with Crippen LogP contribution in [0.4, 0.5) is 0 Å². The van der Waals surface area contributed by atoms with Gasteiger partial charge in [0.05, 0.1) is 11.6 Å². The molecule has 1 aromatic heterocycles. The second kappa shape index (κ2) is 7.48. The quantitative estimate of drug-likeness (QED) is 0.833. The summed E-state index contributed by atoms with van der Waals surface area (Å²) >= 11 is 7.17. The van der Waals surface area contributed by atoms with Crippen molar-refractivity contribution in [1.29, 1.82) is 0 Å². The lowest BCUT2D eigenvalue weighted by molar-refractivity contribution is -0.127. The third-order valence-electron chi connectivity index (χ3n) is 3.07. The molecule has 5 nitrogen and oxygen atoms in total. The Bertz CT molecular complexity index is 729. The van der Waals surface area contributed by atoms with E-state index in [0.717, 1.165) is 21.8 Å². The molecule has 0 bridgehead atoms. The fraction of sp³-hybridized carbons (Fsp3) is 0.250. The maximum absolute atomic E-state index is 12.1. The van der Waals surface area contributed by atoms with Gasteiger partial charge < -0.3 is 15.2 Å². The van der Waals surface area contributed by atoms with Crippen LogP contribution in [-0.4, -0.2) is 23.1 Å². The number of aromatic carboxylic acids is 1. The summed E-state index contributed by atoms with van der Waals surface area (Å²) in [5, 5.41) is 12.0. The van der Waals surface area contributed by atoms with E-state index in [1.807, 2.05) is 13.0 Å². The van der Waals surface area contributed by atoms with Gasteiger partial charge in [0.1, 0.15) is 10.6 Å². The maximum atomic E-state index is 12.1. The fourth-order valence-electron chi connectivity index (χ4n) is 1.85. The zero-order valence-corrected chi connectivity index (χ0v) is 14.2. The van der Waals surface area contributed by atoms with Crippen LogP contribution in [0.2, 0.25) is 5.02 Å². The number of rotatable bonds is 6. The Kier molecular flexibility index (Phi) is 5.63. The Balaban J connectivity index is 1.91. The molecule has 2 aromatic rings. The van der Waals surface area contributed by atoms with Crippen molar-refractivity contribution in [3.8, 4) is 5.75 Å². The molecular weight excluding hydrogens is 338 g/mol. The molecule has 1 unspecified atom stereocenters. The Labute approximate surface area is 142 Å². The van der Waals surface area contributed by atoms with Gasteiger partial charge in [0.15, 0.2) is 6.10 Å². The Hall–Kier alpha value is -2.05. The normalized spacial score (nSPS) is 11.8. The number of hydrogen-bond donors (Lipinski definition) is 2. The number of carboxylic acid groups (broad SMARTS) is 1. The van der Waals surface area contributed by atoms with E-state index in [2.05, 4.69) is 5.32 Å². The largest absolute Gasteiger partial charge is 0.479 e. The van der Waals surface area contributed by atoms with Crippen molar-refractivity contribution in [2.45, 2.75) is 26.5 Å². The van der Waals surface area contributed by atoms with Crippen molar-refractivity contribution in [3.05, 3.63) is 50.7 Å². The van der Waals surface area contributed by atoms with Crippen LogP contribution in [0.25, 0.3) is 0 Å². The zero-order chi connectivity index (χ0) is 17.0. The molecule has 7 heteroatoms. The van der Waals surface area contributed by atoms with Gasteiger partial charge in [0.2, 0.25) is 0 Å². The van der Waals surface area contributed by atoms with Gasteiger partial charge in [0.25, 0.3) is 5.91 Å². The third-order valence-corrected chi connectivity index (χ3v) is 4.45. The Morgan fingerprint density at radius 2 is 2.09 bits per heavy atom. The van der Waals surface area contributed by atoms with E-state index in [1.54, 1.807) is 25.1 Å². The number of amides is 1. The number of carbonyl (C=O) groups is 2. The highest BCUT2D eigenvalue weighted by Crippen LogP contribution is 2.26. The summed E-state index contributed by atoms with van der Waals surface area (Å²) < 4.78 is 5.58. The van der Waals surface area contributed by atoms with Gasteiger partial charge in [-0.25, -0.2) is 4.79 Å². The van der Waals surface area contributed by atoms with E-state index in [9.17, 15) is 9.59 Å². The van der Waals surface area contributed by atoms with Crippen molar-refractivity contribution >= 4 is 34.8 Å². The first-order valence-corrected chi connectivity index (χ1v) is 8.09. The minimum absolute atomic E-state index is 0.241. The number of nitrogens with one attached hydrogen (secondary N) is 1. The first-order valence-electron chi connectivity index (χ1n) is 6.89. The van der Waals surface area contributed by atoms with Gasteiger partial charge in [-0.05, 0) is 43.7 Å². The van der Waals surface area contributed by atoms with E-state index in [4.69, 9.17) is 21.4 Å². The van der Waals surface area contributed by atoms with Crippen LogP contribution in [0.3, 0.4) is 0 Å². The number of benzene rings is 1. The number of aryl methyl sites for hydroxylation is 1. The van der Waals surface area contributed by atoms with Crippen molar-refractivity contribution in [1.82, 2.24) is 5.32 Å². The minimum Gasteiger partial charge on any atom is -0.479 e. The highest BCUT2D eigenvalue weighted by Gasteiger charge is 2.16. The van der Waals surface area contributed by atoms with E-state index in [1.165, 1.54) is 6.07 Å². The summed E-state index contributed by atoms with van der Waals surface area (Å²) in [6.45, 7) is 3.79. The van der Waals surface area contributed by atoms with Crippen molar-refractivity contribution in [2.24, 2.45) is 0 Å². The molecule has 2 rings (SSSR count). The van der Waals surface area contributed by atoms with Gasteiger partial charge in [-0.15, -0.1) is 11.3 Å². The Morgan fingerprint density at radius 1 is 1.35 bits per heavy atom. The van der Waals surface area contributed by atoms with Gasteiger partial charge >= 0.3 is 5.97 Å². The molecule has 1 aromatic carbocycles. The van der Waals surface area contributed by atoms with Crippen LogP contribution in [0.1, 0.15) is 27.0 Å². The number of carbonyl (C=O) groups excluding carboxylic acids is 1. The lowest BCUT2D eigenvalue weighted by atomic mass is 10.2. The van der Waals surface area contributed by atoms with Gasteiger partial charge in [0, 0.05) is 4.88 Å². The summed E-state index contributed by atoms with van der Waals surface area (Å²) in [5.74, 6) is -0.815. The molecule has 0 aliphatic rings. The monoisotopic (exact) mass is 353 g/mol. The molecule has 1 amide bonds. The molecule has 23 heavy (non-hydrogen) atoms. The highest BCUT2D eigenvalue weighted by atomic mass is 35.5. The smallest absolute Gasteiger partial charge is 0.345 e. The molecule has 0 aliphatic carbocycles. The summed E-state index contributed by atoms with van der Waals surface area (Å²) in [6.07, 6.45) is -0.715. The van der Waals surface area contributed by atoms with Crippen LogP contribution in [0.5, 0.6) is 5.75 Å². The zero-order valence-electron chi connectivity index (χ0n) is 12.6. The van der Waals surface area contributed by atoms with E-state index < -0.39 is 12.1 Å². The fourth-order valence-corrected chi connectivity index (χ4v) is 2.80. The molecule has 0 saturated carbocycles. The molecule has 122 valence electrons. The topological polar surface area (TPSA) is 75.6 Å². The number of carboxylic acids is 1. The van der Waals surface area contributed by atoms with Crippen molar-refractivity contribution < 1.29 is 19.4 Å². The lowest BCUT2D eigenvalue weighted by Gasteiger charge is -2.15. The molecule has 0 radical (unpaired) electrons. The molecule has 0 aliphatic heterocycles. The molecular formula is C16H16ClNO4S. The molecule has 0 spiro atoms. The maximum Gasteiger partial charge on any atom is 0.345 e. The number of halogens is 1. The first kappa shape index (κ1) is 17.3. The number of hydrogen-bond acceptors (Lipinski definition) is 4. The van der Waals surface area contributed by atoms with Crippen LogP contribution in [0.15, 0.2) is 30.3 Å². The number of ether oxygens (including phenoxy) is 1. The van der Waals surface area contributed by atoms with Crippen LogP contribution in [-0.2, 0) is 11.3 Å². The summed E-state index contributed by atoms with van der Waals surface area (Å²) in [5.41, 5.74) is 0.983. The second-order valence-corrected chi connectivity index (χ2v) is 6.56. The predicted molar refractivity (Wildman–Crippen MR) is 89.4 cm³/mol. The lowest BCUT2D eigenvalue weighted by Crippen LogP contribution is -2.35. The van der Waals surface area contributed by atoms with Gasteiger partial charge in [-0.3, -0.25) is 4.79 Å². The molecule has 1 atom stereocenters. The second-order valence-electron chi connectivity index (χ2n) is 4.98. The number of thiophene rings is 1. The van der Waals surface area contributed by atoms with Crippen LogP contribution in [0, 0.1) is 6.92 Å². The van der Waals surface area contributed by atoms with Crippen molar-refractivity contribution in [3.63, 3.8) is 0 Å². The third kappa shape index (κ3) is 4.71. The van der Waals surface area contributed by atoms with Crippen LogP contribution >= 0.6 is 22.9 Å². The van der Waals surface area contributed by atoms with Crippen molar-refractivity contribution in [2.75, 3.05) is 0 Å². The minimum atomic E-state index is -0.974. The Morgan fingerprint density at radius 3 is 2.74 bits per heavy atom. The van der Waals surface area contributed by atoms with E-state index in [-0.39, 0.29) is 17.3 Å². The summed E-state index contributed by atoms with van der Waals surface area (Å²) in [6, 6.07) is 8.54. The molecule has 1 heterocycles. The highest BCUT2D eigenvalue weighted by molar-refractivity contribution is 7.13. The SMILES string of the molecule is Cc1ccc(Cl)c(OC(C)C(=O)NCc2ccc(C(=O)O)s2)c1. The molecule has 2 N–H and O–H groups in total. The molecule has 0 saturated heterocycles. The van der Waals surface area contributed by atoms with E-state index in [0.29, 0.717) is 10.8 Å². The van der Waals surface area contributed by atoms with E-state index >= 15 is 0 Å². The average molecular weight is 354 g/mol. The summed E-state index contributed by atoms with van der Waals surface area (Å²) in [4.78, 5) is 23.9. The summed E-state index contributed by atoms with van der Waals surface area (Å²) in [7, 11) is 0. The van der Waals surface area contributed by atoms with Gasteiger partial charge in [-0.1, -0.05) is 17.7 Å². The standard InChI is InChI=1S/C16H16ClNO4S/c1-9-3-5-12(17)13(7-9)22-10(2)15(19)18-8-11-4-6-14(23-11)16(20)21/h3-7,10H,8H2,1-2H3,(H,18,19)(H,20,21).